The number of hydrogen-bond acceptors (Lipinski definition) is 4. The van der Waals surface area contributed by atoms with Gasteiger partial charge in [0.25, 0.3) is 5.91 Å². The molecule has 0 aliphatic rings. The van der Waals surface area contributed by atoms with E-state index in [1.165, 1.54) is 11.3 Å². The minimum Gasteiger partial charge on any atom is -0.297 e. The summed E-state index contributed by atoms with van der Waals surface area (Å²) in [4.78, 5) is 18.2. The molecule has 0 atom stereocenters. The largest absolute Gasteiger partial charge is 0.297 e. The first-order valence-electron chi connectivity index (χ1n) is 10.7. The zero-order chi connectivity index (χ0) is 24.4. The van der Waals surface area contributed by atoms with E-state index in [1.807, 2.05) is 54.6 Å². The second kappa shape index (κ2) is 9.89. The van der Waals surface area contributed by atoms with E-state index in [0.717, 1.165) is 37.5 Å². The van der Waals surface area contributed by atoms with Crippen molar-refractivity contribution < 1.29 is 4.79 Å². The highest BCUT2D eigenvalue weighted by molar-refractivity contribution is 7.15. The van der Waals surface area contributed by atoms with Crippen LogP contribution in [0.3, 0.4) is 0 Å². The van der Waals surface area contributed by atoms with Crippen LogP contribution < -0.4 is 5.32 Å². The zero-order valence-corrected chi connectivity index (χ0v) is 20.6. The van der Waals surface area contributed by atoms with Gasteiger partial charge in [-0.25, -0.2) is 4.98 Å². The molecule has 5 rings (SSSR count). The van der Waals surface area contributed by atoms with E-state index in [0.29, 0.717) is 21.6 Å². The summed E-state index contributed by atoms with van der Waals surface area (Å²) in [7, 11) is 0. The Hall–Kier alpha value is -3.69. The third-order valence-electron chi connectivity index (χ3n) is 5.62. The van der Waals surface area contributed by atoms with Crippen molar-refractivity contribution in [1.29, 1.82) is 5.26 Å². The Bertz CT molecular complexity index is 1610. The monoisotopic (exact) mass is 513 g/mol. The van der Waals surface area contributed by atoms with Crippen LogP contribution in [-0.4, -0.2) is 10.9 Å². The van der Waals surface area contributed by atoms with Gasteiger partial charge in [0.2, 0.25) is 0 Å². The Kier molecular flexibility index (Phi) is 6.52. The molecule has 1 aromatic heterocycles. The molecule has 4 nitrogen and oxygen atoms in total. The van der Waals surface area contributed by atoms with E-state index in [4.69, 9.17) is 23.2 Å². The van der Waals surface area contributed by atoms with Crippen molar-refractivity contribution in [2.75, 3.05) is 5.32 Å². The summed E-state index contributed by atoms with van der Waals surface area (Å²) in [5.74, 6) is -0.505. The molecule has 1 N–H and O–H groups in total. The van der Waals surface area contributed by atoms with E-state index in [-0.39, 0.29) is 5.57 Å². The number of thiazole rings is 1. The van der Waals surface area contributed by atoms with Crippen molar-refractivity contribution in [3.05, 3.63) is 111 Å². The maximum Gasteiger partial charge on any atom is 0.268 e. The summed E-state index contributed by atoms with van der Waals surface area (Å²) in [6, 6.07) is 25.4. The fourth-order valence-electron chi connectivity index (χ4n) is 3.96. The van der Waals surface area contributed by atoms with Gasteiger partial charge in [-0.3, -0.25) is 10.1 Å². The minimum absolute atomic E-state index is 0.00371. The van der Waals surface area contributed by atoms with Crippen LogP contribution in [0.2, 0.25) is 10.0 Å². The quantitative estimate of drug-likeness (QED) is 0.147. The van der Waals surface area contributed by atoms with Gasteiger partial charge in [0.1, 0.15) is 11.6 Å². The van der Waals surface area contributed by atoms with Crippen molar-refractivity contribution in [3.8, 4) is 6.07 Å². The molecular formula is C28H17Cl2N3OS. The number of carbonyl (C=O) groups excluding carboxylic acids is 1. The lowest BCUT2D eigenvalue weighted by Crippen LogP contribution is -2.13. The Labute approximate surface area is 216 Å². The second-order valence-corrected chi connectivity index (χ2v) is 9.86. The van der Waals surface area contributed by atoms with Crippen LogP contribution in [0, 0.1) is 11.3 Å². The van der Waals surface area contributed by atoms with E-state index >= 15 is 0 Å². The molecule has 7 heteroatoms. The predicted octanol–water partition coefficient (Wildman–Crippen LogP) is 7.89. The molecule has 0 aliphatic carbocycles. The van der Waals surface area contributed by atoms with Crippen molar-refractivity contribution in [2.24, 2.45) is 0 Å². The molecule has 1 amide bonds. The number of benzene rings is 4. The molecule has 0 radical (unpaired) electrons. The SMILES string of the molecule is N#CC(=Cc1c2ccccc2cc2ccccc12)C(=O)Nc1ncc(Cc2ccc(Cl)cc2Cl)s1. The number of carbonyl (C=O) groups is 1. The fourth-order valence-corrected chi connectivity index (χ4v) is 5.27. The van der Waals surface area contributed by atoms with Crippen LogP contribution in [0.5, 0.6) is 0 Å². The van der Waals surface area contributed by atoms with Crippen LogP contribution >= 0.6 is 34.5 Å². The van der Waals surface area contributed by atoms with Gasteiger partial charge in [-0.1, -0.05) is 77.8 Å². The molecule has 0 fully saturated rings. The van der Waals surface area contributed by atoms with Crippen LogP contribution in [0.1, 0.15) is 16.0 Å². The summed E-state index contributed by atoms with van der Waals surface area (Å²) < 4.78 is 0. The molecule has 4 aromatic carbocycles. The number of nitrogens with zero attached hydrogens (tertiary/aromatic N) is 2. The summed E-state index contributed by atoms with van der Waals surface area (Å²) in [6.07, 6.45) is 3.91. The summed E-state index contributed by atoms with van der Waals surface area (Å²) in [5, 5.41) is 18.2. The topological polar surface area (TPSA) is 65.8 Å². The molecule has 0 saturated heterocycles. The highest BCUT2D eigenvalue weighted by Gasteiger charge is 2.15. The number of nitriles is 1. The number of aromatic nitrogens is 1. The summed E-state index contributed by atoms with van der Waals surface area (Å²) in [6.45, 7) is 0. The molecule has 0 aliphatic heterocycles. The maximum absolute atomic E-state index is 13.0. The highest BCUT2D eigenvalue weighted by atomic mass is 35.5. The molecule has 1 heterocycles. The number of hydrogen-bond donors (Lipinski definition) is 1. The number of halogens is 2. The standard InChI is InChI=1S/C28H17Cl2N3OS/c29-21-10-9-19(26(30)14-21)12-22-16-32-28(35-22)33-27(34)20(15-31)13-25-23-7-3-1-5-17(23)11-18-6-2-4-8-24(18)25/h1-11,13-14,16H,12H2,(H,32,33,34). The van der Waals surface area contributed by atoms with Gasteiger partial charge in [-0.15, -0.1) is 11.3 Å². The average Bonchev–Trinajstić information content (AvgIpc) is 3.30. The third-order valence-corrected chi connectivity index (χ3v) is 7.12. The number of fused-ring (bicyclic) bond motifs is 2. The van der Waals surface area contributed by atoms with Crippen LogP contribution in [0.25, 0.3) is 27.6 Å². The maximum atomic E-state index is 13.0. The third kappa shape index (κ3) is 4.91. The second-order valence-electron chi connectivity index (χ2n) is 7.90. The molecule has 35 heavy (non-hydrogen) atoms. The number of rotatable bonds is 5. The van der Waals surface area contributed by atoms with Crippen molar-refractivity contribution >= 4 is 73.2 Å². The number of nitrogens with one attached hydrogen (secondary N) is 1. The molecule has 0 unspecified atom stereocenters. The van der Waals surface area contributed by atoms with Gasteiger partial charge in [0, 0.05) is 27.5 Å². The van der Waals surface area contributed by atoms with Gasteiger partial charge in [-0.05, 0) is 56.9 Å². The minimum atomic E-state index is -0.505. The zero-order valence-electron chi connectivity index (χ0n) is 18.3. The molecular weight excluding hydrogens is 497 g/mol. The lowest BCUT2D eigenvalue weighted by Gasteiger charge is -2.09. The Morgan fingerprint density at radius 3 is 2.34 bits per heavy atom. The van der Waals surface area contributed by atoms with E-state index in [1.54, 1.807) is 24.4 Å². The van der Waals surface area contributed by atoms with Crippen LogP contribution in [0.4, 0.5) is 5.13 Å². The lowest BCUT2D eigenvalue weighted by molar-refractivity contribution is -0.112. The van der Waals surface area contributed by atoms with E-state index in [2.05, 4.69) is 22.4 Å². The lowest BCUT2D eigenvalue weighted by atomic mass is 9.95. The Morgan fingerprint density at radius 2 is 1.69 bits per heavy atom. The van der Waals surface area contributed by atoms with Gasteiger partial charge in [-0.2, -0.15) is 5.26 Å². The predicted molar refractivity (Wildman–Crippen MR) is 145 cm³/mol. The van der Waals surface area contributed by atoms with Crippen LogP contribution in [0.15, 0.2) is 84.6 Å². The first-order chi connectivity index (χ1) is 17.0. The first kappa shape index (κ1) is 23.1. The molecule has 0 spiro atoms. The van der Waals surface area contributed by atoms with Gasteiger partial charge in [0.05, 0.1) is 0 Å². The Balaban J connectivity index is 1.44. The normalized spacial score (nSPS) is 11.5. The van der Waals surface area contributed by atoms with Crippen LogP contribution in [-0.2, 0) is 11.2 Å². The highest BCUT2D eigenvalue weighted by Crippen LogP contribution is 2.31. The number of anilines is 1. The van der Waals surface area contributed by atoms with Gasteiger partial charge in [0.15, 0.2) is 5.13 Å². The number of amides is 1. The fraction of sp³-hybridized carbons (Fsp3) is 0.0357. The summed E-state index contributed by atoms with van der Waals surface area (Å²) in [5.41, 5.74) is 1.75. The molecule has 0 saturated carbocycles. The average molecular weight is 514 g/mol. The van der Waals surface area contributed by atoms with E-state index in [9.17, 15) is 10.1 Å². The Morgan fingerprint density at radius 1 is 1.00 bits per heavy atom. The van der Waals surface area contributed by atoms with Gasteiger partial charge < -0.3 is 0 Å². The molecule has 0 bridgehead atoms. The summed E-state index contributed by atoms with van der Waals surface area (Å²) >= 11 is 13.6. The van der Waals surface area contributed by atoms with Crippen molar-refractivity contribution in [1.82, 2.24) is 4.98 Å². The first-order valence-corrected chi connectivity index (χ1v) is 12.3. The van der Waals surface area contributed by atoms with Crippen molar-refractivity contribution in [2.45, 2.75) is 6.42 Å². The smallest absolute Gasteiger partial charge is 0.268 e. The van der Waals surface area contributed by atoms with E-state index < -0.39 is 5.91 Å². The van der Waals surface area contributed by atoms with Gasteiger partial charge >= 0.3 is 0 Å². The molecule has 5 aromatic rings. The van der Waals surface area contributed by atoms with Crippen molar-refractivity contribution in [3.63, 3.8) is 0 Å². The molecule has 170 valence electrons.